The highest BCUT2D eigenvalue weighted by Gasteiger charge is 2.16. The number of likely N-dealkylation sites (tertiary alicyclic amines) is 1. The number of nitrogens with one attached hydrogen (secondary N) is 1. The largest absolute Gasteiger partial charge is 0.454 e. The molecule has 1 amide bonds. The van der Waals surface area contributed by atoms with Crippen LogP contribution in [0.4, 0.5) is 0 Å². The van der Waals surface area contributed by atoms with Crippen LogP contribution in [-0.2, 0) is 19.6 Å². The van der Waals surface area contributed by atoms with Crippen LogP contribution in [0.25, 0.3) is 0 Å². The van der Waals surface area contributed by atoms with Crippen molar-refractivity contribution in [3.8, 4) is 0 Å². The number of furan rings is 1. The minimum absolute atomic E-state index is 0.108. The molecule has 1 aliphatic heterocycles. The number of carbonyl (C=O) groups is 1. The third-order valence-electron chi connectivity index (χ3n) is 5.73. The van der Waals surface area contributed by atoms with Crippen LogP contribution in [0, 0.1) is 5.92 Å². The van der Waals surface area contributed by atoms with E-state index >= 15 is 0 Å². The van der Waals surface area contributed by atoms with Crippen molar-refractivity contribution in [2.24, 2.45) is 5.92 Å². The van der Waals surface area contributed by atoms with Gasteiger partial charge in [0.25, 0.3) is 11.5 Å². The molecule has 1 fully saturated rings. The lowest BCUT2D eigenvalue weighted by Crippen LogP contribution is -2.33. The first-order chi connectivity index (χ1) is 15.1. The molecule has 0 bridgehead atoms. The number of hydrogen-bond acceptors (Lipinski definition) is 4. The first-order valence-corrected chi connectivity index (χ1v) is 10.9. The van der Waals surface area contributed by atoms with E-state index < -0.39 is 0 Å². The summed E-state index contributed by atoms with van der Waals surface area (Å²) in [5.41, 5.74) is 2.24. The normalized spacial score (nSPS) is 16.9. The zero-order chi connectivity index (χ0) is 21.6. The molecule has 1 saturated heterocycles. The zero-order valence-corrected chi connectivity index (χ0v) is 17.9. The molecule has 1 unspecified atom stereocenters. The fourth-order valence-corrected chi connectivity index (χ4v) is 4.06. The van der Waals surface area contributed by atoms with Crippen LogP contribution >= 0.6 is 0 Å². The van der Waals surface area contributed by atoms with Crippen LogP contribution in [0.1, 0.15) is 47.2 Å². The fourth-order valence-electron chi connectivity index (χ4n) is 4.06. The van der Waals surface area contributed by atoms with Crippen LogP contribution in [0.2, 0.25) is 0 Å². The van der Waals surface area contributed by atoms with Gasteiger partial charge in [-0.2, -0.15) is 0 Å². The van der Waals surface area contributed by atoms with Crippen molar-refractivity contribution in [2.45, 2.75) is 39.4 Å². The molecule has 6 nitrogen and oxygen atoms in total. The van der Waals surface area contributed by atoms with E-state index in [1.54, 1.807) is 30.5 Å². The Morgan fingerprint density at radius 2 is 1.87 bits per heavy atom. The van der Waals surface area contributed by atoms with Crippen molar-refractivity contribution in [1.29, 1.82) is 0 Å². The van der Waals surface area contributed by atoms with Gasteiger partial charge in [0.15, 0.2) is 5.76 Å². The van der Waals surface area contributed by atoms with Crippen molar-refractivity contribution in [3.63, 3.8) is 0 Å². The summed E-state index contributed by atoms with van der Waals surface area (Å²) < 4.78 is 7.16. The second-order valence-electron chi connectivity index (χ2n) is 8.41. The number of rotatable bonds is 7. The van der Waals surface area contributed by atoms with Crippen LogP contribution in [0.5, 0.6) is 0 Å². The van der Waals surface area contributed by atoms with E-state index in [0.29, 0.717) is 18.8 Å². The average Bonchev–Trinajstić information content (AvgIpc) is 3.23. The lowest BCUT2D eigenvalue weighted by molar-refractivity contribution is 0.0921. The fraction of sp³-hybridized carbons (Fsp3) is 0.360. The minimum Gasteiger partial charge on any atom is -0.454 e. The number of pyridine rings is 1. The Morgan fingerprint density at radius 3 is 2.65 bits per heavy atom. The van der Waals surface area contributed by atoms with Gasteiger partial charge in [-0.25, -0.2) is 0 Å². The Labute approximate surface area is 182 Å². The van der Waals surface area contributed by atoms with E-state index in [-0.39, 0.29) is 17.2 Å². The average molecular weight is 420 g/mol. The molecule has 31 heavy (non-hydrogen) atoms. The van der Waals surface area contributed by atoms with Crippen LogP contribution in [-0.4, -0.2) is 28.5 Å². The molecule has 2 aromatic heterocycles. The maximum Gasteiger partial charge on any atom is 0.287 e. The van der Waals surface area contributed by atoms with Gasteiger partial charge in [0.2, 0.25) is 0 Å². The maximum absolute atomic E-state index is 12.4. The topological polar surface area (TPSA) is 67.5 Å². The number of benzene rings is 1. The van der Waals surface area contributed by atoms with Gasteiger partial charge in [0, 0.05) is 31.9 Å². The molecule has 1 N–H and O–H groups in total. The van der Waals surface area contributed by atoms with Gasteiger partial charge in [0.05, 0.1) is 6.54 Å². The Bertz CT molecular complexity index is 1070. The van der Waals surface area contributed by atoms with Gasteiger partial charge >= 0.3 is 0 Å². The number of hydrogen-bond donors (Lipinski definition) is 1. The molecule has 0 spiro atoms. The van der Waals surface area contributed by atoms with Crippen LogP contribution < -0.4 is 10.9 Å². The highest BCUT2D eigenvalue weighted by atomic mass is 16.4. The van der Waals surface area contributed by atoms with Gasteiger partial charge in [-0.1, -0.05) is 37.3 Å². The smallest absolute Gasteiger partial charge is 0.287 e. The van der Waals surface area contributed by atoms with Crippen molar-refractivity contribution in [3.05, 3.63) is 93.8 Å². The van der Waals surface area contributed by atoms with E-state index in [1.165, 1.54) is 42.1 Å². The SMILES string of the molecule is CC1CCCN(Cc2ccc(CNC(=O)c3ccc(Cn4ccccc4=O)o3)cc2)C1. The number of aromatic nitrogens is 1. The molecule has 162 valence electrons. The van der Waals surface area contributed by atoms with Crippen molar-refractivity contribution in [1.82, 2.24) is 14.8 Å². The van der Waals surface area contributed by atoms with Crippen LogP contribution in [0.3, 0.4) is 0 Å². The van der Waals surface area contributed by atoms with E-state index in [2.05, 4.69) is 41.4 Å². The minimum atomic E-state index is -0.266. The molecular weight excluding hydrogens is 390 g/mol. The summed E-state index contributed by atoms with van der Waals surface area (Å²) in [6.45, 7) is 6.38. The Balaban J connectivity index is 1.28. The van der Waals surface area contributed by atoms with E-state index in [1.807, 2.05) is 0 Å². The third-order valence-corrected chi connectivity index (χ3v) is 5.73. The monoisotopic (exact) mass is 419 g/mol. The van der Waals surface area contributed by atoms with Gasteiger partial charge in [-0.05, 0) is 54.6 Å². The molecule has 0 aliphatic carbocycles. The maximum atomic E-state index is 12.4. The summed E-state index contributed by atoms with van der Waals surface area (Å²) in [5, 5.41) is 2.90. The van der Waals surface area contributed by atoms with E-state index in [0.717, 1.165) is 18.0 Å². The Hall–Kier alpha value is -3.12. The molecule has 0 saturated carbocycles. The zero-order valence-electron chi connectivity index (χ0n) is 17.9. The van der Waals surface area contributed by atoms with Gasteiger partial charge < -0.3 is 14.3 Å². The van der Waals surface area contributed by atoms with Gasteiger partial charge in [-0.15, -0.1) is 0 Å². The predicted molar refractivity (Wildman–Crippen MR) is 120 cm³/mol. The molecule has 1 aliphatic rings. The number of carbonyl (C=O) groups excluding carboxylic acids is 1. The van der Waals surface area contributed by atoms with E-state index in [9.17, 15) is 9.59 Å². The van der Waals surface area contributed by atoms with Crippen molar-refractivity contribution < 1.29 is 9.21 Å². The molecule has 6 heteroatoms. The first kappa shape index (κ1) is 21.1. The third kappa shape index (κ3) is 5.73. The second kappa shape index (κ2) is 9.79. The summed E-state index contributed by atoms with van der Waals surface area (Å²) in [4.78, 5) is 26.8. The molecule has 4 rings (SSSR count). The summed E-state index contributed by atoms with van der Waals surface area (Å²) in [7, 11) is 0. The number of amides is 1. The molecule has 1 aromatic carbocycles. The molecule has 3 heterocycles. The summed E-state index contributed by atoms with van der Waals surface area (Å²) in [6.07, 6.45) is 4.30. The quantitative estimate of drug-likeness (QED) is 0.635. The van der Waals surface area contributed by atoms with Crippen LogP contribution in [0.15, 0.2) is 70.0 Å². The van der Waals surface area contributed by atoms with Gasteiger partial charge in [-0.3, -0.25) is 14.5 Å². The van der Waals surface area contributed by atoms with Crippen molar-refractivity contribution >= 4 is 5.91 Å². The number of nitrogens with zero attached hydrogens (tertiary/aromatic N) is 2. The Kier molecular flexibility index (Phi) is 6.67. The number of piperidine rings is 1. The van der Waals surface area contributed by atoms with E-state index in [4.69, 9.17) is 4.42 Å². The predicted octanol–water partition coefficient (Wildman–Crippen LogP) is 3.65. The lowest BCUT2D eigenvalue weighted by atomic mass is 9.99. The molecule has 3 aromatic rings. The van der Waals surface area contributed by atoms with Gasteiger partial charge in [0.1, 0.15) is 5.76 Å². The molecule has 1 atom stereocenters. The Morgan fingerprint density at radius 1 is 1.06 bits per heavy atom. The molecular formula is C25H29N3O3. The standard InChI is InChI=1S/C25H29N3O3/c1-19-5-4-13-27(16-19)17-21-9-7-20(8-10-21)15-26-25(30)23-12-11-22(31-23)18-28-14-3-2-6-24(28)29/h2-3,6-12,14,19H,4-5,13,15-18H2,1H3,(H,26,30). The second-order valence-corrected chi connectivity index (χ2v) is 8.41. The van der Waals surface area contributed by atoms with Crippen molar-refractivity contribution in [2.75, 3.05) is 13.1 Å². The summed E-state index contributed by atoms with van der Waals surface area (Å²) in [6, 6.07) is 16.8. The summed E-state index contributed by atoms with van der Waals surface area (Å²) >= 11 is 0. The first-order valence-electron chi connectivity index (χ1n) is 10.9. The molecule has 0 radical (unpaired) electrons. The lowest BCUT2D eigenvalue weighted by Gasteiger charge is -2.30. The highest BCUT2D eigenvalue weighted by molar-refractivity contribution is 5.91. The summed E-state index contributed by atoms with van der Waals surface area (Å²) in [5.74, 6) is 1.32. The highest BCUT2D eigenvalue weighted by Crippen LogP contribution is 2.18.